The van der Waals surface area contributed by atoms with Crippen molar-refractivity contribution < 1.29 is 31.5 Å². The van der Waals surface area contributed by atoms with Gasteiger partial charge in [-0.2, -0.15) is 31.9 Å². The molecule has 4 rings (SSSR count). The lowest BCUT2D eigenvalue weighted by atomic mass is 10.5. The Morgan fingerprint density at radius 1 is 1.06 bits per heavy atom. The highest BCUT2D eigenvalue weighted by Crippen LogP contribution is 2.20. The Morgan fingerprint density at radius 3 is 2.22 bits per heavy atom. The van der Waals surface area contributed by atoms with Crippen LogP contribution < -0.4 is 0 Å². The Labute approximate surface area is 230 Å². The summed E-state index contributed by atoms with van der Waals surface area (Å²) in [6.45, 7) is 8.05. The van der Waals surface area contributed by atoms with Crippen LogP contribution in [0.2, 0.25) is 25.7 Å². The summed E-state index contributed by atoms with van der Waals surface area (Å²) < 4.78 is 66.2. The van der Waals surface area contributed by atoms with Crippen LogP contribution in [0.5, 0.6) is 0 Å². The number of hydrogen-bond acceptors (Lipinski definition) is 6. The molecule has 8 nitrogen and oxygen atoms in total. The third-order valence-electron chi connectivity index (χ3n) is 4.16. The predicted octanol–water partition coefficient (Wildman–Crippen LogP) is 5.94. The van der Waals surface area contributed by atoms with E-state index in [0.29, 0.717) is 23.5 Å². The molecule has 0 unspecified atom stereocenters. The first-order chi connectivity index (χ1) is 16.7. The van der Waals surface area contributed by atoms with E-state index in [1.54, 1.807) is 10.8 Å². The number of aromatic nitrogens is 6. The molecule has 0 aromatic carbocycles. The highest BCUT2D eigenvalue weighted by Gasteiger charge is 2.24. The van der Waals surface area contributed by atoms with Crippen LogP contribution in [-0.4, -0.2) is 56.6 Å². The molecule has 0 aliphatic rings. The predicted molar refractivity (Wildman–Crippen MR) is 143 cm³/mol. The lowest BCUT2D eigenvalue weighted by Crippen LogP contribution is -2.22. The van der Waals surface area contributed by atoms with Crippen molar-refractivity contribution in [2.75, 3.05) is 6.61 Å². The zero-order valence-electron chi connectivity index (χ0n) is 19.2. The second-order valence-corrected chi connectivity index (χ2v) is 16.3. The minimum atomic E-state index is -4.64. The summed E-state index contributed by atoms with van der Waals surface area (Å²) in [6, 6.07) is 1.11. The maximum absolute atomic E-state index is 13.1. The second-order valence-electron chi connectivity index (χ2n) is 8.35. The monoisotopic (exact) mass is 754 g/mol. The zero-order valence-corrected chi connectivity index (χ0v) is 24.5. The number of hydrogen-bond donors (Lipinski definition) is 1. The number of nitrogens with one attached hydrogen (secondary N) is 1. The van der Waals surface area contributed by atoms with Crippen LogP contribution in [0.4, 0.5) is 22.0 Å². The molecule has 4 aromatic rings. The van der Waals surface area contributed by atoms with Crippen LogP contribution in [0.25, 0.3) is 22.3 Å². The average Bonchev–Trinajstić information content (AvgIpc) is 3.30. The molecular weight excluding hydrogens is 733 g/mol. The van der Waals surface area contributed by atoms with E-state index >= 15 is 0 Å². The normalized spacial score (nSPS) is 11.6. The first-order valence-electron chi connectivity index (χ1n) is 10.1. The van der Waals surface area contributed by atoms with Gasteiger partial charge in [-0.25, -0.2) is 9.97 Å². The summed E-state index contributed by atoms with van der Waals surface area (Å²) in [5.41, 5.74) is 2.47. The summed E-state index contributed by atoms with van der Waals surface area (Å²) in [4.78, 5) is 26.9. The number of aldehydes is 1. The number of H-pyrrole nitrogens is 1. The number of alkyl halides is 3. The quantitative estimate of drug-likeness (QED) is 0.0892. The van der Waals surface area contributed by atoms with Gasteiger partial charge in [-0.05, 0) is 51.2 Å². The number of halogens is 7. The van der Waals surface area contributed by atoms with Crippen molar-refractivity contribution in [3.63, 3.8) is 0 Å². The van der Waals surface area contributed by atoms with Crippen molar-refractivity contribution >= 4 is 81.9 Å². The summed E-state index contributed by atoms with van der Waals surface area (Å²) in [7, 11) is -1.08. The van der Waals surface area contributed by atoms with Crippen molar-refractivity contribution in [3.05, 3.63) is 43.8 Å². The molecule has 0 atom stereocenters. The third kappa shape index (κ3) is 9.92. The van der Waals surface area contributed by atoms with E-state index in [-0.39, 0.29) is 0 Å². The van der Waals surface area contributed by atoms with Crippen molar-refractivity contribution in [3.8, 4) is 0 Å². The number of ether oxygens (including phenoxy) is 1. The van der Waals surface area contributed by atoms with Gasteiger partial charge in [0.05, 0.1) is 19.5 Å². The van der Waals surface area contributed by atoms with Gasteiger partial charge in [0, 0.05) is 27.1 Å². The fourth-order valence-corrected chi connectivity index (χ4v) is 4.49. The van der Waals surface area contributed by atoms with Crippen LogP contribution in [-0.2, 0) is 16.3 Å². The number of fused-ring (bicyclic) bond motifs is 2. The average molecular weight is 754 g/mol. The second kappa shape index (κ2) is 13.1. The molecule has 1 N–H and O–H groups in total. The molecule has 0 amide bonds. The van der Waals surface area contributed by atoms with Gasteiger partial charge in [-0.15, -0.1) is 0 Å². The number of carbonyl (C=O) groups excluding carboxylic acids is 1. The molecule has 0 aliphatic carbocycles. The SMILES string of the molecule is C[Si](C)(C)CCOCn1cc(I)c2ncc(F)nc21.Fc1cnc2c(I)c[nH]c2n1.O=CC(F)(F)F. The summed E-state index contributed by atoms with van der Waals surface area (Å²) >= 11 is 4.28. The molecule has 0 saturated heterocycles. The molecule has 16 heteroatoms. The highest BCUT2D eigenvalue weighted by atomic mass is 127. The van der Waals surface area contributed by atoms with Gasteiger partial charge in [-0.3, -0.25) is 4.79 Å². The summed E-state index contributed by atoms with van der Waals surface area (Å²) in [5.74, 6) is -1.12. The van der Waals surface area contributed by atoms with Gasteiger partial charge in [0.15, 0.2) is 11.3 Å². The smallest absolute Gasteiger partial charge is 0.361 e. The van der Waals surface area contributed by atoms with Crippen LogP contribution in [0.1, 0.15) is 0 Å². The van der Waals surface area contributed by atoms with Crippen molar-refractivity contribution in [1.82, 2.24) is 29.5 Å². The summed E-state index contributed by atoms with van der Waals surface area (Å²) in [6.07, 6.45) is 0.177. The van der Waals surface area contributed by atoms with E-state index in [1.807, 2.05) is 6.20 Å². The zero-order chi connectivity index (χ0) is 27.1. The van der Waals surface area contributed by atoms with Crippen molar-refractivity contribution in [1.29, 1.82) is 0 Å². The van der Waals surface area contributed by atoms with E-state index in [4.69, 9.17) is 9.53 Å². The third-order valence-corrected chi connectivity index (χ3v) is 7.47. The van der Waals surface area contributed by atoms with E-state index in [2.05, 4.69) is 89.7 Å². The molecule has 0 saturated carbocycles. The molecule has 36 heavy (non-hydrogen) atoms. The largest absolute Gasteiger partial charge is 0.446 e. The van der Waals surface area contributed by atoms with Crippen LogP contribution in [0, 0.1) is 19.0 Å². The molecule has 0 fully saturated rings. The minimum absolute atomic E-state index is 0.391. The molecule has 0 radical (unpaired) electrons. The Hall–Kier alpha value is -1.80. The van der Waals surface area contributed by atoms with Crippen LogP contribution in [0.3, 0.4) is 0 Å². The van der Waals surface area contributed by atoms with Crippen molar-refractivity contribution in [2.45, 2.75) is 38.6 Å². The highest BCUT2D eigenvalue weighted by molar-refractivity contribution is 14.1. The topological polar surface area (TPSA) is 98.6 Å². The number of rotatable bonds is 5. The number of carbonyl (C=O) groups is 1. The maximum atomic E-state index is 13.1. The Bertz CT molecular complexity index is 1310. The van der Waals surface area contributed by atoms with Gasteiger partial charge in [-0.1, -0.05) is 19.6 Å². The Kier molecular flexibility index (Phi) is 11.1. The standard InChI is InChI=1S/C12H17FIN3OSi.C6H3FIN3.C2HF3O/c1-19(2,3)5-4-18-8-17-7-9(14)11-12(17)16-10(13)6-15-11;7-4-2-9-5-3(8)1-10-6(5)11-4;3-2(4,5)1-6/h6-7H,4-5,8H2,1-3H3;1-2H,(H,10,11);1H. The van der Waals surface area contributed by atoms with E-state index < -0.39 is 32.4 Å². The van der Waals surface area contributed by atoms with Crippen LogP contribution >= 0.6 is 45.2 Å². The van der Waals surface area contributed by atoms with E-state index in [0.717, 1.165) is 37.7 Å². The fourth-order valence-electron chi connectivity index (χ4n) is 2.47. The van der Waals surface area contributed by atoms with Gasteiger partial charge >= 0.3 is 6.18 Å². The van der Waals surface area contributed by atoms with Gasteiger partial charge in [0.2, 0.25) is 18.2 Å². The van der Waals surface area contributed by atoms with Crippen LogP contribution in [0.15, 0.2) is 24.8 Å². The molecule has 4 heterocycles. The Morgan fingerprint density at radius 2 is 1.64 bits per heavy atom. The molecule has 0 aliphatic heterocycles. The first kappa shape index (κ1) is 30.4. The van der Waals surface area contributed by atoms with E-state index in [1.165, 1.54) is 0 Å². The first-order valence-corrected chi connectivity index (χ1v) is 16.0. The molecule has 0 bridgehead atoms. The Balaban J connectivity index is 0.000000225. The number of nitrogens with zero attached hydrogens (tertiary/aromatic N) is 5. The molecule has 4 aromatic heterocycles. The van der Waals surface area contributed by atoms with E-state index in [9.17, 15) is 22.0 Å². The van der Waals surface area contributed by atoms with Gasteiger partial charge in [0.1, 0.15) is 17.8 Å². The van der Waals surface area contributed by atoms with Crippen molar-refractivity contribution in [2.24, 2.45) is 0 Å². The molecule has 0 spiro atoms. The van der Waals surface area contributed by atoms with Gasteiger partial charge < -0.3 is 14.3 Å². The lowest BCUT2D eigenvalue weighted by molar-refractivity contribution is -0.156. The maximum Gasteiger partial charge on any atom is 0.446 e. The van der Waals surface area contributed by atoms with Gasteiger partial charge in [0.25, 0.3) is 0 Å². The molecule has 196 valence electrons. The number of aromatic amines is 1. The lowest BCUT2D eigenvalue weighted by Gasteiger charge is -2.15. The fraction of sp³-hybridized carbons (Fsp3) is 0.350. The minimum Gasteiger partial charge on any atom is -0.361 e. The summed E-state index contributed by atoms with van der Waals surface area (Å²) in [5, 5.41) is 0. The molecular formula is C20H21F5I2N6O2Si.